The molecule has 2 amide bonds. The molecule has 0 radical (unpaired) electrons. The lowest BCUT2D eigenvalue weighted by Gasteiger charge is -2.16. The molecule has 1 fully saturated rings. The summed E-state index contributed by atoms with van der Waals surface area (Å²) < 4.78 is 1.61. The highest BCUT2D eigenvalue weighted by Gasteiger charge is 2.48. The van der Waals surface area contributed by atoms with Crippen molar-refractivity contribution >= 4 is 11.7 Å². The number of aromatic nitrogens is 4. The van der Waals surface area contributed by atoms with Crippen LogP contribution >= 0.6 is 0 Å². The van der Waals surface area contributed by atoms with E-state index in [1.165, 1.54) is 6.07 Å². The molecule has 2 heterocycles. The Morgan fingerprint density at radius 2 is 1.84 bits per heavy atom. The van der Waals surface area contributed by atoms with Crippen LogP contribution in [0.15, 0.2) is 59.8 Å². The number of benzene rings is 1. The Hall–Kier alpha value is -3.42. The van der Waals surface area contributed by atoms with E-state index in [-0.39, 0.29) is 11.6 Å². The summed E-state index contributed by atoms with van der Waals surface area (Å²) in [5.74, 6) is 0.636. The number of hydrogen-bond acceptors (Lipinski definition) is 4. The molecule has 0 spiro atoms. The molecule has 8 heteroatoms. The van der Waals surface area contributed by atoms with Crippen LogP contribution in [0.5, 0.6) is 0 Å². The quantitative estimate of drug-likeness (QED) is 0.675. The van der Waals surface area contributed by atoms with Crippen molar-refractivity contribution in [2.75, 3.05) is 5.32 Å². The van der Waals surface area contributed by atoms with E-state index >= 15 is 0 Å². The summed E-state index contributed by atoms with van der Waals surface area (Å²) in [6, 6.07) is 10.0. The zero-order valence-electron chi connectivity index (χ0n) is 13.3. The topological polar surface area (TPSA) is 105 Å². The van der Waals surface area contributed by atoms with Crippen molar-refractivity contribution in [3.63, 3.8) is 0 Å². The molecule has 25 heavy (non-hydrogen) atoms. The van der Waals surface area contributed by atoms with Gasteiger partial charge in [0.25, 0.3) is 5.56 Å². The van der Waals surface area contributed by atoms with E-state index in [1.807, 2.05) is 0 Å². The van der Waals surface area contributed by atoms with Crippen LogP contribution in [-0.2, 0) is 5.54 Å². The monoisotopic (exact) mass is 336 g/mol. The molecule has 1 aliphatic carbocycles. The van der Waals surface area contributed by atoms with Crippen molar-refractivity contribution in [1.29, 1.82) is 0 Å². The van der Waals surface area contributed by atoms with Crippen LogP contribution in [0.1, 0.15) is 18.7 Å². The van der Waals surface area contributed by atoms with Gasteiger partial charge in [-0.1, -0.05) is 0 Å². The van der Waals surface area contributed by atoms with Crippen LogP contribution in [0.3, 0.4) is 0 Å². The molecule has 0 atom stereocenters. The highest BCUT2D eigenvalue weighted by Crippen LogP contribution is 2.43. The van der Waals surface area contributed by atoms with Gasteiger partial charge < -0.3 is 10.6 Å². The number of amides is 2. The number of anilines is 1. The van der Waals surface area contributed by atoms with Crippen LogP contribution in [0.2, 0.25) is 0 Å². The van der Waals surface area contributed by atoms with Gasteiger partial charge in [0, 0.05) is 30.3 Å². The maximum Gasteiger partial charge on any atom is 0.320 e. The Morgan fingerprint density at radius 1 is 1.12 bits per heavy atom. The smallest absolute Gasteiger partial charge is 0.320 e. The summed E-state index contributed by atoms with van der Waals surface area (Å²) in [7, 11) is 0. The van der Waals surface area contributed by atoms with Gasteiger partial charge in [-0.15, -0.1) is 0 Å². The van der Waals surface area contributed by atoms with Gasteiger partial charge in [-0.05, 0) is 43.2 Å². The van der Waals surface area contributed by atoms with Crippen molar-refractivity contribution in [1.82, 2.24) is 25.1 Å². The van der Waals surface area contributed by atoms with E-state index < -0.39 is 5.54 Å². The first-order valence-corrected chi connectivity index (χ1v) is 7.89. The molecule has 4 rings (SSSR count). The lowest BCUT2D eigenvalue weighted by Crippen LogP contribution is -2.39. The molecule has 3 aromatic rings. The van der Waals surface area contributed by atoms with Gasteiger partial charge in [0.15, 0.2) is 5.82 Å². The third-order valence-electron chi connectivity index (χ3n) is 4.11. The Morgan fingerprint density at radius 3 is 2.44 bits per heavy atom. The zero-order valence-corrected chi connectivity index (χ0v) is 13.3. The fourth-order valence-corrected chi connectivity index (χ4v) is 2.65. The standard InChI is InChI=1S/C17H16N6O2/c24-14-6-11-23(22-14)13-4-2-12(3-5-13)20-16(25)21-17(7-8-17)15-18-9-1-10-19-15/h1-6,9-11H,7-8H2,(H,22,24)(H2,20,21,25). The average Bonchev–Trinajstić information content (AvgIpc) is 3.28. The molecule has 1 aliphatic rings. The first-order chi connectivity index (χ1) is 12.1. The Balaban J connectivity index is 1.42. The van der Waals surface area contributed by atoms with Gasteiger partial charge in [-0.25, -0.2) is 14.8 Å². The van der Waals surface area contributed by atoms with Crippen molar-refractivity contribution in [2.24, 2.45) is 0 Å². The number of nitrogens with one attached hydrogen (secondary N) is 3. The minimum Gasteiger partial charge on any atom is -0.325 e. The van der Waals surface area contributed by atoms with Gasteiger partial charge in [-0.3, -0.25) is 14.6 Å². The molecule has 126 valence electrons. The number of H-pyrrole nitrogens is 1. The highest BCUT2D eigenvalue weighted by atomic mass is 16.2. The van der Waals surface area contributed by atoms with Crippen LogP contribution in [-0.4, -0.2) is 25.8 Å². The molecule has 3 N–H and O–H groups in total. The largest absolute Gasteiger partial charge is 0.325 e. The predicted octanol–water partition coefficient (Wildman–Crippen LogP) is 1.77. The first kappa shape index (κ1) is 15.1. The van der Waals surface area contributed by atoms with Crippen LogP contribution in [0.4, 0.5) is 10.5 Å². The van der Waals surface area contributed by atoms with Gasteiger partial charge in [0.1, 0.15) is 5.54 Å². The number of rotatable bonds is 4. The van der Waals surface area contributed by atoms with Crippen LogP contribution in [0.25, 0.3) is 5.69 Å². The summed E-state index contributed by atoms with van der Waals surface area (Å²) in [6.07, 6.45) is 6.64. The lowest BCUT2D eigenvalue weighted by molar-refractivity contribution is 0.246. The third kappa shape index (κ3) is 3.14. The van der Waals surface area contributed by atoms with Crippen LogP contribution in [0, 0.1) is 0 Å². The third-order valence-corrected chi connectivity index (χ3v) is 4.11. The molecular formula is C17H16N6O2. The number of hydrogen-bond donors (Lipinski definition) is 3. The molecule has 1 aromatic carbocycles. The van der Waals surface area contributed by atoms with Crippen LogP contribution < -0.4 is 16.2 Å². The second-order valence-electron chi connectivity index (χ2n) is 5.94. The normalized spacial score (nSPS) is 14.7. The number of carbonyl (C=O) groups excluding carboxylic acids is 1. The maximum atomic E-state index is 12.3. The molecule has 8 nitrogen and oxygen atoms in total. The number of carbonyl (C=O) groups is 1. The summed E-state index contributed by atoms with van der Waals surface area (Å²) in [5.41, 5.74) is 0.819. The molecular weight excluding hydrogens is 320 g/mol. The minimum atomic E-state index is -0.462. The second-order valence-corrected chi connectivity index (χ2v) is 5.94. The highest BCUT2D eigenvalue weighted by molar-refractivity contribution is 5.90. The number of urea groups is 1. The summed E-state index contributed by atoms with van der Waals surface area (Å²) in [5, 5.41) is 8.42. The fraction of sp³-hybridized carbons (Fsp3) is 0.176. The van der Waals surface area contributed by atoms with E-state index in [4.69, 9.17) is 0 Å². The number of aromatic amines is 1. The maximum absolute atomic E-state index is 12.3. The van der Waals surface area contributed by atoms with E-state index in [1.54, 1.807) is 53.6 Å². The summed E-state index contributed by atoms with van der Waals surface area (Å²) in [4.78, 5) is 31.9. The summed E-state index contributed by atoms with van der Waals surface area (Å²) in [6.45, 7) is 0. The van der Waals surface area contributed by atoms with Crippen molar-refractivity contribution < 1.29 is 4.79 Å². The van der Waals surface area contributed by atoms with E-state index in [0.29, 0.717) is 11.5 Å². The molecule has 0 unspecified atom stereocenters. The molecule has 0 bridgehead atoms. The van der Waals surface area contributed by atoms with Gasteiger partial charge in [-0.2, -0.15) is 0 Å². The minimum absolute atomic E-state index is 0.167. The Kier molecular flexibility index (Phi) is 3.57. The van der Waals surface area contributed by atoms with Crippen molar-refractivity contribution in [2.45, 2.75) is 18.4 Å². The Bertz CT molecular complexity index is 941. The van der Waals surface area contributed by atoms with Crippen molar-refractivity contribution in [3.8, 4) is 5.69 Å². The van der Waals surface area contributed by atoms with E-state index in [2.05, 4.69) is 25.7 Å². The SMILES string of the molecule is O=C(Nc1ccc(-n2ccc(=O)[nH]2)cc1)NC1(c2ncccn2)CC1. The lowest BCUT2D eigenvalue weighted by atomic mass is 10.2. The Labute approximate surface area is 142 Å². The van der Waals surface area contributed by atoms with Gasteiger partial charge in [0.05, 0.1) is 5.69 Å². The van der Waals surface area contributed by atoms with Crippen molar-refractivity contribution in [3.05, 3.63) is 71.2 Å². The molecule has 1 saturated carbocycles. The number of nitrogens with zero attached hydrogens (tertiary/aromatic N) is 3. The van der Waals surface area contributed by atoms with E-state index in [0.717, 1.165) is 18.5 Å². The second kappa shape index (κ2) is 5.90. The molecule has 2 aromatic heterocycles. The zero-order chi connectivity index (χ0) is 17.3. The van der Waals surface area contributed by atoms with E-state index in [9.17, 15) is 9.59 Å². The average molecular weight is 336 g/mol. The summed E-state index contributed by atoms with van der Waals surface area (Å²) >= 11 is 0. The first-order valence-electron chi connectivity index (χ1n) is 7.89. The fourth-order valence-electron chi connectivity index (χ4n) is 2.65. The van der Waals surface area contributed by atoms with Gasteiger partial charge in [0.2, 0.25) is 0 Å². The van der Waals surface area contributed by atoms with Gasteiger partial charge >= 0.3 is 6.03 Å². The predicted molar refractivity (Wildman–Crippen MR) is 91.5 cm³/mol. The molecule has 0 saturated heterocycles. The molecule has 0 aliphatic heterocycles.